The summed E-state index contributed by atoms with van der Waals surface area (Å²) >= 11 is 0. The molecule has 4 aromatic rings. The van der Waals surface area contributed by atoms with E-state index in [1.54, 1.807) is 24.7 Å². The van der Waals surface area contributed by atoms with E-state index in [0.717, 1.165) is 54.3 Å². The van der Waals surface area contributed by atoms with Gasteiger partial charge in [0.1, 0.15) is 0 Å². The highest BCUT2D eigenvalue weighted by molar-refractivity contribution is 5.86. The van der Waals surface area contributed by atoms with Crippen molar-refractivity contribution >= 4 is 22.6 Å². The number of nitriles is 1. The normalized spacial score (nSPS) is 14.9. The Morgan fingerprint density at radius 2 is 1.80 bits per heavy atom. The lowest BCUT2D eigenvalue weighted by atomic mass is 9.87. The molecule has 7 nitrogen and oxygen atoms in total. The van der Waals surface area contributed by atoms with Crippen LogP contribution in [0.15, 0.2) is 79.3 Å². The van der Waals surface area contributed by atoms with Crippen LogP contribution in [0.3, 0.4) is 0 Å². The standard InChI is InChI=1S/C37H43N5O2/c1-3-27(2)35(40-36(43)20-33-22-39-26-42(33)23-29-18-16-28(21-38)17-19-29)25-41(37(44)31-11-5-4-6-12-31)24-32-14-9-13-30-10-7-8-15-34(30)32/h7-10,13-19,22,26-27,31,35H,3-6,11-12,20,23-25H2,1-2H3,(H,40,43)/t27-,35+/m0/s1. The molecule has 3 aromatic carbocycles. The number of imidazole rings is 1. The molecule has 44 heavy (non-hydrogen) atoms. The topological polar surface area (TPSA) is 91.0 Å². The number of hydrogen-bond donors (Lipinski definition) is 1. The molecule has 0 spiro atoms. The van der Waals surface area contributed by atoms with Crippen molar-refractivity contribution in [3.05, 3.63) is 102 Å². The maximum absolute atomic E-state index is 14.1. The van der Waals surface area contributed by atoms with Gasteiger partial charge in [0.15, 0.2) is 0 Å². The molecule has 7 heteroatoms. The second-order valence-corrected chi connectivity index (χ2v) is 12.2. The zero-order valence-corrected chi connectivity index (χ0v) is 25.9. The van der Waals surface area contributed by atoms with Gasteiger partial charge in [-0.25, -0.2) is 4.98 Å². The summed E-state index contributed by atoms with van der Waals surface area (Å²) in [5.74, 6) is 0.369. The van der Waals surface area contributed by atoms with Gasteiger partial charge in [-0.15, -0.1) is 0 Å². The third kappa shape index (κ3) is 7.74. The minimum atomic E-state index is -0.176. The Balaban J connectivity index is 1.33. The van der Waals surface area contributed by atoms with E-state index in [0.29, 0.717) is 25.2 Å². The SMILES string of the molecule is CC[C@H](C)[C@@H](CN(Cc1cccc2ccccc12)C(=O)C1CCCCC1)NC(=O)Cc1cncn1Cc1ccc(C#N)cc1. The minimum absolute atomic E-state index is 0.0450. The van der Waals surface area contributed by atoms with Crippen molar-refractivity contribution in [3.63, 3.8) is 0 Å². The van der Waals surface area contributed by atoms with Gasteiger partial charge in [0.05, 0.1) is 24.4 Å². The van der Waals surface area contributed by atoms with Gasteiger partial charge in [-0.3, -0.25) is 9.59 Å². The summed E-state index contributed by atoms with van der Waals surface area (Å²) in [6.45, 7) is 5.86. The summed E-state index contributed by atoms with van der Waals surface area (Å²) in [6, 6.07) is 24.0. The fourth-order valence-electron chi connectivity index (χ4n) is 6.31. The smallest absolute Gasteiger partial charge is 0.226 e. The van der Waals surface area contributed by atoms with Crippen LogP contribution in [0.4, 0.5) is 0 Å². The first kappa shape index (κ1) is 31.0. The van der Waals surface area contributed by atoms with Crippen LogP contribution in [0.25, 0.3) is 10.8 Å². The molecule has 1 aromatic heterocycles. The lowest BCUT2D eigenvalue weighted by molar-refractivity contribution is -0.138. The molecule has 1 aliphatic rings. The molecule has 0 aliphatic heterocycles. The van der Waals surface area contributed by atoms with E-state index in [-0.39, 0.29) is 36.1 Å². The first-order chi connectivity index (χ1) is 21.4. The van der Waals surface area contributed by atoms with Crippen LogP contribution >= 0.6 is 0 Å². The molecule has 5 rings (SSSR count). The van der Waals surface area contributed by atoms with Crippen LogP contribution < -0.4 is 5.32 Å². The van der Waals surface area contributed by atoms with E-state index in [2.05, 4.69) is 60.5 Å². The number of rotatable bonds is 12. The molecule has 0 saturated heterocycles. The van der Waals surface area contributed by atoms with E-state index < -0.39 is 0 Å². The highest BCUT2D eigenvalue weighted by Gasteiger charge is 2.30. The van der Waals surface area contributed by atoms with Gasteiger partial charge in [-0.2, -0.15) is 5.26 Å². The van der Waals surface area contributed by atoms with Crippen molar-refractivity contribution in [2.45, 2.75) is 77.9 Å². The number of nitrogens with zero attached hydrogens (tertiary/aromatic N) is 4. The summed E-state index contributed by atoms with van der Waals surface area (Å²) in [6.07, 6.45) is 9.83. The highest BCUT2D eigenvalue weighted by atomic mass is 16.2. The van der Waals surface area contributed by atoms with Crippen LogP contribution in [-0.4, -0.2) is 38.9 Å². The summed E-state index contributed by atoms with van der Waals surface area (Å²) in [5.41, 5.74) is 3.60. The number of benzene rings is 3. The van der Waals surface area contributed by atoms with Gasteiger partial charge in [0, 0.05) is 43.5 Å². The molecular formula is C37H43N5O2. The maximum atomic E-state index is 14.1. The quantitative estimate of drug-likeness (QED) is 0.201. The van der Waals surface area contributed by atoms with Crippen molar-refractivity contribution in [1.29, 1.82) is 5.26 Å². The van der Waals surface area contributed by atoms with Gasteiger partial charge >= 0.3 is 0 Å². The molecular weight excluding hydrogens is 546 g/mol. The molecule has 1 heterocycles. The molecule has 1 aliphatic carbocycles. The molecule has 2 atom stereocenters. The van der Waals surface area contributed by atoms with Crippen molar-refractivity contribution in [3.8, 4) is 6.07 Å². The van der Waals surface area contributed by atoms with E-state index in [1.165, 1.54) is 11.8 Å². The van der Waals surface area contributed by atoms with Crippen LogP contribution in [-0.2, 0) is 29.1 Å². The van der Waals surface area contributed by atoms with Gasteiger partial charge in [0.2, 0.25) is 11.8 Å². The number of hydrogen-bond acceptors (Lipinski definition) is 4. The average molecular weight is 590 g/mol. The summed E-state index contributed by atoms with van der Waals surface area (Å²) in [5, 5.41) is 14.7. The van der Waals surface area contributed by atoms with Crippen LogP contribution in [0.1, 0.15) is 74.8 Å². The second-order valence-electron chi connectivity index (χ2n) is 12.2. The molecule has 0 bridgehead atoms. The Labute approximate surface area is 260 Å². The number of carbonyl (C=O) groups excluding carboxylic acids is 2. The molecule has 1 N–H and O–H groups in total. The van der Waals surface area contributed by atoms with Crippen molar-refractivity contribution in [1.82, 2.24) is 19.8 Å². The fraction of sp³-hybridized carbons (Fsp3) is 0.405. The predicted molar refractivity (Wildman–Crippen MR) is 174 cm³/mol. The number of aromatic nitrogens is 2. The zero-order valence-electron chi connectivity index (χ0n) is 25.9. The first-order valence-electron chi connectivity index (χ1n) is 16.0. The second kappa shape index (κ2) is 14.8. The molecule has 228 valence electrons. The Morgan fingerprint density at radius 3 is 2.55 bits per heavy atom. The lowest BCUT2D eigenvalue weighted by Gasteiger charge is -2.35. The number of carbonyl (C=O) groups is 2. The van der Waals surface area contributed by atoms with Crippen molar-refractivity contribution < 1.29 is 9.59 Å². The van der Waals surface area contributed by atoms with Gasteiger partial charge < -0.3 is 14.8 Å². The Kier molecular flexibility index (Phi) is 10.5. The zero-order chi connectivity index (χ0) is 30.9. The third-order valence-corrected chi connectivity index (χ3v) is 9.18. The monoisotopic (exact) mass is 589 g/mol. The van der Waals surface area contributed by atoms with Gasteiger partial charge in [-0.1, -0.05) is 94.1 Å². The van der Waals surface area contributed by atoms with E-state index in [9.17, 15) is 9.59 Å². The van der Waals surface area contributed by atoms with Crippen molar-refractivity contribution in [2.75, 3.05) is 6.54 Å². The Morgan fingerprint density at radius 1 is 1.05 bits per heavy atom. The Bertz CT molecular complexity index is 1590. The van der Waals surface area contributed by atoms with Crippen molar-refractivity contribution in [2.24, 2.45) is 11.8 Å². The fourth-order valence-corrected chi connectivity index (χ4v) is 6.31. The number of amides is 2. The minimum Gasteiger partial charge on any atom is -0.351 e. The summed E-state index contributed by atoms with van der Waals surface area (Å²) < 4.78 is 1.97. The van der Waals surface area contributed by atoms with Gasteiger partial charge in [0.25, 0.3) is 0 Å². The van der Waals surface area contributed by atoms with E-state index in [1.807, 2.05) is 33.7 Å². The number of nitrogens with one attached hydrogen (secondary N) is 1. The summed E-state index contributed by atoms with van der Waals surface area (Å²) in [4.78, 5) is 33.9. The largest absolute Gasteiger partial charge is 0.351 e. The molecule has 1 saturated carbocycles. The van der Waals surface area contributed by atoms with Crippen LogP contribution in [0.2, 0.25) is 0 Å². The van der Waals surface area contributed by atoms with Gasteiger partial charge in [-0.05, 0) is 52.8 Å². The first-order valence-corrected chi connectivity index (χ1v) is 16.0. The Hall–Kier alpha value is -4.44. The molecule has 0 unspecified atom stereocenters. The molecule has 1 fully saturated rings. The molecule has 2 amide bonds. The highest BCUT2D eigenvalue weighted by Crippen LogP contribution is 2.28. The predicted octanol–water partition coefficient (Wildman–Crippen LogP) is 6.64. The van der Waals surface area contributed by atoms with E-state index >= 15 is 0 Å². The third-order valence-electron chi connectivity index (χ3n) is 9.18. The summed E-state index contributed by atoms with van der Waals surface area (Å²) in [7, 11) is 0. The average Bonchev–Trinajstić information content (AvgIpc) is 3.49. The van der Waals surface area contributed by atoms with Crippen LogP contribution in [0, 0.1) is 23.2 Å². The van der Waals surface area contributed by atoms with E-state index in [4.69, 9.17) is 5.26 Å². The maximum Gasteiger partial charge on any atom is 0.226 e. The lowest BCUT2D eigenvalue weighted by Crippen LogP contribution is -2.50. The molecule has 0 radical (unpaired) electrons. The number of fused-ring (bicyclic) bond motifs is 1. The van der Waals surface area contributed by atoms with Crippen LogP contribution in [0.5, 0.6) is 0 Å².